The number of methoxy groups -OCH3 is 1. The van der Waals surface area contributed by atoms with Crippen molar-refractivity contribution < 1.29 is 42.9 Å². The van der Waals surface area contributed by atoms with Crippen LogP contribution in [0.1, 0.15) is 91.0 Å². The van der Waals surface area contributed by atoms with Gasteiger partial charge in [0.15, 0.2) is 11.5 Å². The average molecular weight is 552 g/mol. The summed E-state index contributed by atoms with van der Waals surface area (Å²) in [6.45, 7) is 7.89. The number of unbranched alkanes of at least 4 members (excludes halogenated alkanes) is 4. The van der Waals surface area contributed by atoms with Crippen LogP contribution >= 0.6 is 0 Å². The molecular formula is C29H45NO9. The molecule has 10 nitrogen and oxygen atoms in total. The highest BCUT2D eigenvalue weighted by atomic mass is 16.7. The van der Waals surface area contributed by atoms with Crippen LogP contribution < -0.4 is 15.2 Å². The highest BCUT2D eigenvalue weighted by molar-refractivity contribution is 5.81. The molecule has 1 rings (SSSR count). The van der Waals surface area contributed by atoms with Gasteiger partial charge in [-0.15, -0.1) is 0 Å². The summed E-state index contributed by atoms with van der Waals surface area (Å²) in [4.78, 5) is 49.2. The molecule has 0 radical (unpaired) electrons. The van der Waals surface area contributed by atoms with Crippen LogP contribution in [0.2, 0.25) is 0 Å². The van der Waals surface area contributed by atoms with Crippen molar-refractivity contribution in [3.8, 4) is 11.5 Å². The van der Waals surface area contributed by atoms with Crippen LogP contribution in [0.3, 0.4) is 0 Å². The smallest absolute Gasteiger partial charge is 0.468 e. The lowest BCUT2D eigenvalue weighted by Gasteiger charge is -2.26. The molecule has 2 N–H and O–H groups in total. The number of nitrogens with two attached hydrogens (primary N) is 1. The van der Waals surface area contributed by atoms with Crippen LogP contribution in [-0.4, -0.2) is 49.9 Å². The molecular weight excluding hydrogens is 506 g/mol. The summed E-state index contributed by atoms with van der Waals surface area (Å²) in [7, 11) is 1.21. The number of benzene rings is 1. The van der Waals surface area contributed by atoms with E-state index in [1.165, 1.54) is 19.2 Å². The van der Waals surface area contributed by atoms with Gasteiger partial charge in [-0.3, -0.25) is 14.4 Å². The minimum atomic E-state index is -1.55. The zero-order chi connectivity index (χ0) is 29.3. The topological polar surface area (TPSA) is 140 Å². The predicted octanol–water partition coefficient (Wildman–Crippen LogP) is 5.27. The van der Waals surface area contributed by atoms with E-state index in [0.717, 1.165) is 25.7 Å². The van der Waals surface area contributed by atoms with Gasteiger partial charge in [-0.1, -0.05) is 59.4 Å². The lowest BCUT2D eigenvalue weighted by Crippen LogP contribution is -2.51. The molecule has 0 bridgehead atoms. The standard InChI is InChI=1S/C29H45NO9/c1-6-8-10-12-25(31)38-23-15-14-22(18-24(23)39-26(32)13-11-9-7-2)19-29(30,27(33)35-5)16-17-36-28(34)37-20-21(3)4/h14-15,18,21H,6-13,16-17,19-20,30H2,1-5H3/t29-/m1/s1. The van der Waals surface area contributed by atoms with Crippen LogP contribution in [0.5, 0.6) is 11.5 Å². The van der Waals surface area contributed by atoms with Crippen LogP contribution in [0.15, 0.2) is 18.2 Å². The third-order valence-corrected chi connectivity index (χ3v) is 5.84. The Morgan fingerprint density at radius 2 is 1.46 bits per heavy atom. The molecule has 0 amide bonds. The van der Waals surface area contributed by atoms with Gasteiger partial charge in [-0.2, -0.15) is 0 Å². The van der Waals surface area contributed by atoms with Crippen molar-refractivity contribution in [2.45, 2.75) is 97.4 Å². The van der Waals surface area contributed by atoms with Gasteiger partial charge < -0.3 is 29.4 Å². The quantitative estimate of drug-likeness (QED) is 0.146. The van der Waals surface area contributed by atoms with Crippen LogP contribution in [-0.2, 0) is 35.0 Å². The van der Waals surface area contributed by atoms with Crippen molar-refractivity contribution >= 4 is 24.1 Å². The Bertz CT molecular complexity index is 931. The molecule has 220 valence electrons. The second kappa shape index (κ2) is 18.2. The zero-order valence-corrected chi connectivity index (χ0v) is 24.0. The third-order valence-electron chi connectivity index (χ3n) is 5.84. The number of hydrogen-bond donors (Lipinski definition) is 1. The summed E-state index contributed by atoms with van der Waals surface area (Å²) in [5.41, 5.74) is 5.40. The second-order valence-corrected chi connectivity index (χ2v) is 10.0. The normalized spacial score (nSPS) is 12.4. The summed E-state index contributed by atoms with van der Waals surface area (Å²) >= 11 is 0. The first-order valence-corrected chi connectivity index (χ1v) is 13.8. The van der Waals surface area contributed by atoms with Crippen molar-refractivity contribution in [3.63, 3.8) is 0 Å². The van der Waals surface area contributed by atoms with E-state index in [9.17, 15) is 19.2 Å². The highest BCUT2D eigenvalue weighted by Gasteiger charge is 2.36. The Kier molecular flexibility index (Phi) is 15.8. The number of rotatable bonds is 18. The van der Waals surface area contributed by atoms with Crippen molar-refractivity contribution in [2.24, 2.45) is 11.7 Å². The summed E-state index contributed by atoms with van der Waals surface area (Å²) in [5.74, 6) is -1.26. The third kappa shape index (κ3) is 13.5. The van der Waals surface area contributed by atoms with Crippen LogP contribution in [0.4, 0.5) is 4.79 Å². The fourth-order valence-electron chi connectivity index (χ4n) is 3.64. The van der Waals surface area contributed by atoms with Gasteiger partial charge in [-0.05, 0) is 36.5 Å². The van der Waals surface area contributed by atoms with Crippen molar-refractivity contribution in [1.29, 1.82) is 0 Å². The molecule has 10 heteroatoms. The van der Waals surface area contributed by atoms with Gasteiger partial charge >= 0.3 is 24.1 Å². The van der Waals surface area contributed by atoms with Gasteiger partial charge in [0, 0.05) is 25.7 Å². The molecule has 0 heterocycles. The Morgan fingerprint density at radius 3 is 2.00 bits per heavy atom. The monoisotopic (exact) mass is 551 g/mol. The number of hydrogen-bond acceptors (Lipinski definition) is 10. The maximum atomic E-state index is 12.6. The summed E-state index contributed by atoms with van der Waals surface area (Å²) in [6, 6.07) is 4.67. The number of carbonyl (C=O) groups excluding carboxylic acids is 4. The van der Waals surface area contributed by atoms with E-state index in [1.807, 2.05) is 27.7 Å². The first kappa shape index (κ1) is 33.9. The fourth-order valence-corrected chi connectivity index (χ4v) is 3.64. The Labute approximate surface area is 231 Å². The highest BCUT2D eigenvalue weighted by Crippen LogP contribution is 2.31. The SMILES string of the molecule is CCCCCC(=O)Oc1ccc(C[C@](N)(CCOC(=O)OCC(C)C)C(=O)OC)cc1OC(=O)CCCCC. The molecule has 0 fully saturated rings. The Morgan fingerprint density at radius 1 is 0.872 bits per heavy atom. The zero-order valence-electron chi connectivity index (χ0n) is 24.0. The number of carbonyl (C=O) groups is 4. The molecule has 0 aliphatic rings. The lowest BCUT2D eigenvalue weighted by molar-refractivity contribution is -0.147. The van der Waals surface area contributed by atoms with E-state index in [-0.39, 0.29) is 56.3 Å². The van der Waals surface area contributed by atoms with E-state index >= 15 is 0 Å². The summed E-state index contributed by atoms with van der Waals surface area (Å²) in [5, 5.41) is 0. The predicted molar refractivity (Wildman–Crippen MR) is 145 cm³/mol. The molecule has 0 spiro atoms. The van der Waals surface area contributed by atoms with Crippen molar-refractivity contribution in [1.82, 2.24) is 0 Å². The molecule has 1 aromatic carbocycles. The van der Waals surface area contributed by atoms with Gasteiger partial charge in [0.1, 0.15) is 5.54 Å². The average Bonchev–Trinajstić information content (AvgIpc) is 2.88. The van der Waals surface area contributed by atoms with Gasteiger partial charge in [0.25, 0.3) is 0 Å². The Balaban J connectivity index is 3.07. The Hall–Kier alpha value is -3.14. The van der Waals surface area contributed by atoms with E-state index in [1.54, 1.807) is 6.07 Å². The van der Waals surface area contributed by atoms with Gasteiger partial charge in [0.2, 0.25) is 0 Å². The van der Waals surface area contributed by atoms with E-state index in [2.05, 4.69) is 0 Å². The molecule has 1 atom stereocenters. The molecule has 1 aromatic rings. The molecule has 0 aromatic heterocycles. The number of esters is 3. The maximum Gasteiger partial charge on any atom is 0.508 e. The largest absolute Gasteiger partial charge is 0.508 e. The van der Waals surface area contributed by atoms with E-state index < -0.39 is 29.6 Å². The molecule has 0 saturated carbocycles. The number of ether oxygens (including phenoxy) is 5. The van der Waals surface area contributed by atoms with Crippen molar-refractivity contribution in [2.75, 3.05) is 20.3 Å². The van der Waals surface area contributed by atoms with Gasteiger partial charge in [-0.25, -0.2) is 4.79 Å². The second-order valence-electron chi connectivity index (χ2n) is 10.0. The fraction of sp³-hybridized carbons (Fsp3) is 0.655. The summed E-state index contributed by atoms with van der Waals surface area (Å²) < 4.78 is 26.0. The molecule has 39 heavy (non-hydrogen) atoms. The molecule has 0 aliphatic heterocycles. The maximum absolute atomic E-state index is 12.6. The molecule has 0 aliphatic carbocycles. The minimum absolute atomic E-state index is 0.0187. The minimum Gasteiger partial charge on any atom is -0.468 e. The van der Waals surface area contributed by atoms with E-state index in [0.29, 0.717) is 18.4 Å². The first-order valence-electron chi connectivity index (χ1n) is 13.8. The van der Waals surface area contributed by atoms with E-state index in [4.69, 9.17) is 29.4 Å². The van der Waals surface area contributed by atoms with Gasteiger partial charge in [0.05, 0.1) is 20.3 Å². The van der Waals surface area contributed by atoms with Crippen LogP contribution in [0, 0.1) is 5.92 Å². The molecule has 0 unspecified atom stereocenters. The summed E-state index contributed by atoms with van der Waals surface area (Å²) in [6.07, 6.45) is 4.63. The van der Waals surface area contributed by atoms with Crippen LogP contribution in [0.25, 0.3) is 0 Å². The lowest BCUT2D eigenvalue weighted by atomic mass is 9.88. The molecule has 0 saturated heterocycles. The first-order chi connectivity index (χ1) is 18.5. The van der Waals surface area contributed by atoms with Crippen molar-refractivity contribution in [3.05, 3.63) is 23.8 Å².